The molecule has 0 spiro atoms. The molecule has 0 saturated heterocycles. The number of carbonyl (C=O) groups is 3. The maximum absolute atomic E-state index is 13.0. The van der Waals surface area contributed by atoms with E-state index < -0.39 is 17.9 Å². The van der Waals surface area contributed by atoms with Crippen LogP contribution in [0.3, 0.4) is 0 Å². The van der Waals surface area contributed by atoms with E-state index in [0.717, 1.165) is 21.7 Å². The monoisotopic (exact) mass is 350 g/mol. The van der Waals surface area contributed by atoms with Crippen LogP contribution in [0.2, 0.25) is 0 Å². The van der Waals surface area contributed by atoms with Gasteiger partial charge in [-0.3, -0.25) is 19.3 Å². The molecule has 5 heteroatoms. The molecule has 1 unspecified atom stereocenters. The third-order valence-electron chi connectivity index (χ3n) is 4.73. The van der Waals surface area contributed by atoms with Gasteiger partial charge in [0.25, 0.3) is 11.8 Å². The molecule has 0 bridgehead atoms. The highest BCUT2D eigenvalue weighted by Crippen LogP contribution is 2.28. The van der Waals surface area contributed by atoms with Gasteiger partial charge in [0.05, 0.1) is 11.1 Å². The molecule has 26 heavy (non-hydrogen) atoms. The molecular formula is C21H22N2O3. The molecule has 134 valence electrons. The number of nitrogens with one attached hydrogen (secondary N) is 1. The van der Waals surface area contributed by atoms with E-state index in [4.69, 9.17) is 0 Å². The number of benzene rings is 2. The summed E-state index contributed by atoms with van der Waals surface area (Å²) in [6, 6.07) is 11.5. The quantitative estimate of drug-likeness (QED) is 0.858. The van der Waals surface area contributed by atoms with E-state index in [-0.39, 0.29) is 11.8 Å². The first-order chi connectivity index (χ1) is 12.3. The number of para-hydroxylation sites is 1. The second-order valence-electron chi connectivity index (χ2n) is 6.97. The van der Waals surface area contributed by atoms with Crippen molar-refractivity contribution in [2.45, 2.75) is 33.7 Å². The molecule has 1 N–H and O–H groups in total. The number of hydrogen-bond donors (Lipinski definition) is 1. The Bertz CT molecular complexity index is 847. The highest BCUT2D eigenvalue weighted by molar-refractivity contribution is 6.23. The van der Waals surface area contributed by atoms with Crippen molar-refractivity contribution in [3.63, 3.8) is 0 Å². The molecule has 0 saturated carbocycles. The molecule has 3 rings (SSSR count). The van der Waals surface area contributed by atoms with Crippen molar-refractivity contribution < 1.29 is 14.4 Å². The standard InChI is InChI=1S/C21H22N2O3/c1-12(2)18(19(24)22-17-13(3)8-7-9-14(17)4)23-20(25)15-10-5-6-11-16(15)21(23)26/h5-12,18H,1-4H3,(H,22,24). The van der Waals surface area contributed by atoms with E-state index in [1.807, 2.05) is 45.9 Å². The minimum Gasteiger partial charge on any atom is -0.324 e. The highest BCUT2D eigenvalue weighted by atomic mass is 16.2. The van der Waals surface area contributed by atoms with Crippen LogP contribution in [0.4, 0.5) is 5.69 Å². The number of rotatable bonds is 4. The van der Waals surface area contributed by atoms with E-state index in [2.05, 4.69) is 5.32 Å². The summed E-state index contributed by atoms with van der Waals surface area (Å²) in [6.45, 7) is 7.49. The largest absolute Gasteiger partial charge is 0.324 e. The lowest BCUT2D eigenvalue weighted by Crippen LogP contribution is -2.50. The molecule has 5 nitrogen and oxygen atoms in total. The second kappa shape index (κ2) is 6.75. The van der Waals surface area contributed by atoms with Crippen LogP contribution in [0.15, 0.2) is 42.5 Å². The molecule has 1 aliphatic rings. The Kier molecular flexibility index (Phi) is 4.64. The molecule has 0 radical (unpaired) electrons. The van der Waals surface area contributed by atoms with Gasteiger partial charge in [-0.2, -0.15) is 0 Å². The van der Waals surface area contributed by atoms with Crippen molar-refractivity contribution in [3.05, 3.63) is 64.7 Å². The lowest BCUT2D eigenvalue weighted by molar-refractivity contribution is -0.121. The molecule has 2 aromatic rings. The molecule has 1 atom stereocenters. The van der Waals surface area contributed by atoms with Gasteiger partial charge in [0.2, 0.25) is 5.91 Å². The molecule has 3 amide bonds. The molecule has 2 aromatic carbocycles. The minimum absolute atomic E-state index is 0.221. The number of aryl methyl sites for hydroxylation is 2. The van der Waals surface area contributed by atoms with Crippen LogP contribution in [0.1, 0.15) is 45.7 Å². The zero-order chi connectivity index (χ0) is 19.0. The second-order valence-corrected chi connectivity index (χ2v) is 6.97. The summed E-state index contributed by atoms with van der Waals surface area (Å²) in [7, 11) is 0. The summed E-state index contributed by atoms with van der Waals surface area (Å²) >= 11 is 0. The molecule has 0 aliphatic carbocycles. The van der Waals surface area contributed by atoms with Crippen molar-refractivity contribution in [1.82, 2.24) is 4.90 Å². The van der Waals surface area contributed by atoms with Crippen molar-refractivity contribution in [2.24, 2.45) is 5.92 Å². The van der Waals surface area contributed by atoms with E-state index >= 15 is 0 Å². The molecule has 1 aliphatic heterocycles. The van der Waals surface area contributed by atoms with Crippen LogP contribution >= 0.6 is 0 Å². The van der Waals surface area contributed by atoms with Gasteiger partial charge in [-0.15, -0.1) is 0 Å². The Hall–Kier alpha value is -2.95. The highest BCUT2D eigenvalue weighted by Gasteiger charge is 2.43. The van der Waals surface area contributed by atoms with Gasteiger partial charge in [0.15, 0.2) is 0 Å². The maximum atomic E-state index is 13.0. The van der Waals surface area contributed by atoms with Crippen LogP contribution in [0.5, 0.6) is 0 Å². The number of anilines is 1. The van der Waals surface area contributed by atoms with Crippen LogP contribution in [-0.2, 0) is 4.79 Å². The Balaban J connectivity index is 1.95. The predicted octanol–water partition coefficient (Wildman–Crippen LogP) is 3.56. The van der Waals surface area contributed by atoms with Crippen LogP contribution < -0.4 is 5.32 Å². The Morgan fingerprint density at radius 3 is 1.85 bits per heavy atom. The van der Waals surface area contributed by atoms with Gasteiger partial charge in [-0.1, -0.05) is 44.2 Å². The average molecular weight is 350 g/mol. The van der Waals surface area contributed by atoms with Crippen LogP contribution in [-0.4, -0.2) is 28.7 Å². The number of fused-ring (bicyclic) bond motifs is 1. The van der Waals surface area contributed by atoms with Gasteiger partial charge in [-0.05, 0) is 43.0 Å². The third kappa shape index (κ3) is 2.90. The zero-order valence-corrected chi connectivity index (χ0v) is 15.4. The first-order valence-corrected chi connectivity index (χ1v) is 8.67. The fraction of sp³-hybridized carbons (Fsp3) is 0.286. The third-order valence-corrected chi connectivity index (χ3v) is 4.73. The van der Waals surface area contributed by atoms with Gasteiger partial charge < -0.3 is 5.32 Å². The van der Waals surface area contributed by atoms with Gasteiger partial charge >= 0.3 is 0 Å². The lowest BCUT2D eigenvalue weighted by atomic mass is 10.0. The van der Waals surface area contributed by atoms with E-state index in [1.54, 1.807) is 24.3 Å². The number of imide groups is 1. The first kappa shape index (κ1) is 17.9. The zero-order valence-electron chi connectivity index (χ0n) is 15.4. The number of carbonyl (C=O) groups excluding carboxylic acids is 3. The van der Waals surface area contributed by atoms with Gasteiger partial charge in [0, 0.05) is 5.69 Å². The fourth-order valence-corrected chi connectivity index (χ4v) is 3.39. The van der Waals surface area contributed by atoms with E-state index in [0.29, 0.717) is 11.1 Å². The van der Waals surface area contributed by atoms with Crippen LogP contribution in [0, 0.1) is 19.8 Å². The van der Waals surface area contributed by atoms with E-state index in [1.165, 1.54) is 0 Å². The molecular weight excluding hydrogens is 328 g/mol. The minimum atomic E-state index is -0.874. The van der Waals surface area contributed by atoms with Crippen molar-refractivity contribution >= 4 is 23.4 Å². The summed E-state index contributed by atoms with van der Waals surface area (Å²) in [5.74, 6) is -1.41. The summed E-state index contributed by atoms with van der Waals surface area (Å²) in [4.78, 5) is 39.7. The molecule has 1 heterocycles. The fourth-order valence-electron chi connectivity index (χ4n) is 3.39. The summed E-state index contributed by atoms with van der Waals surface area (Å²) in [5.41, 5.74) is 3.29. The number of nitrogens with zero attached hydrogens (tertiary/aromatic N) is 1. The summed E-state index contributed by atoms with van der Waals surface area (Å²) in [5, 5.41) is 2.92. The van der Waals surface area contributed by atoms with Crippen molar-refractivity contribution in [2.75, 3.05) is 5.32 Å². The lowest BCUT2D eigenvalue weighted by Gasteiger charge is -2.29. The van der Waals surface area contributed by atoms with Gasteiger partial charge in [0.1, 0.15) is 6.04 Å². The predicted molar refractivity (Wildman–Crippen MR) is 100 cm³/mol. The van der Waals surface area contributed by atoms with Crippen LogP contribution in [0.25, 0.3) is 0 Å². The first-order valence-electron chi connectivity index (χ1n) is 8.67. The smallest absolute Gasteiger partial charge is 0.262 e. The number of amides is 3. The van der Waals surface area contributed by atoms with E-state index in [9.17, 15) is 14.4 Å². The molecule has 0 fully saturated rings. The average Bonchev–Trinajstić information content (AvgIpc) is 2.84. The van der Waals surface area contributed by atoms with Crippen molar-refractivity contribution in [3.8, 4) is 0 Å². The Morgan fingerprint density at radius 2 is 1.38 bits per heavy atom. The Labute approximate surface area is 153 Å². The normalized spacial score (nSPS) is 14.6. The topological polar surface area (TPSA) is 66.5 Å². The SMILES string of the molecule is Cc1cccc(C)c1NC(=O)C(C(C)C)N1C(=O)c2ccccc2C1=O. The number of hydrogen-bond acceptors (Lipinski definition) is 3. The molecule has 0 aromatic heterocycles. The summed E-state index contributed by atoms with van der Waals surface area (Å²) < 4.78 is 0. The Morgan fingerprint density at radius 1 is 0.885 bits per heavy atom. The van der Waals surface area contributed by atoms with Crippen molar-refractivity contribution in [1.29, 1.82) is 0 Å². The van der Waals surface area contributed by atoms with Gasteiger partial charge in [-0.25, -0.2) is 0 Å². The summed E-state index contributed by atoms with van der Waals surface area (Å²) in [6.07, 6.45) is 0. The maximum Gasteiger partial charge on any atom is 0.262 e.